The Morgan fingerprint density at radius 2 is 2.32 bits per heavy atom. The van der Waals surface area contributed by atoms with Crippen molar-refractivity contribution in [1.29, 1.82) is 0 Å². The number of hydrogen-bond acceptors (Lipinski definition) is 4. The third-order valence-corrected chi connectivity index (χ3v) is 3.74. The van der Waals surface area contributed by atoms with Gasteiger partial charge in [0.25, 0.3) is 0 Å². The number of carbonyl (C=O) groups is 1. The molecule has 5 nitrogen and oxygen atoms in total. The molecule has 0 fully saturated rings. The summed E-state index contributed by atoms with van der Waals surface area (Å²) < 4.78 is 10.8. The maximum absolute atomic E-state index is 11.7. The Kier molecular flexibility index (Phi) is 3.96. The molecule has 1 aromatic heterocycles. The number of carbonyl (C=O) groups excluding carboxylic acids is 1. The number of nitrogens with zero attached hydrogens (tertiary/aromatic N) is 2. The molecule has 0 saturated heterocycles. The first-order valence-electron chi connectivity index (χ1n) is 7.24. The van der Waals surface area contributed by atoms with Gasteiger partial charge in [-0.25, -0.2) is 0 Å². The summed E-state index contributed by atoms with van der Waals surface area (Å²) in [5.74, 6) is 1.50. The summed E-state index contributed by atoms with van der Waals surface area (Å²) in [5, 5.41) is 3.90. The van der Waals surface area contributed by atoms with Crippen molar-refractivity contribution < 1.29 is 14.1 Å². The summed E-state index contributed by atoms with van der Waals surface area (Å²) in [4.78, 5) is 13.5. The minimum absolute atomic E-state index is 0.0324. The predicted molar refractivity (Wildman–Crippen MR) is 81.3 cm³/mol. The lowest BCUT2D eigenvalue weighted by atomic mass is 9.99. The summed E-state index contributed by atoms with van der Waals surface area (Å²) in [6.45, 7) is 7.09. The molecule has 2 aromatic rings. The van der Waals surface area contributed by atoms with E-state index in [-0.39, 0.29) is 5.91 Å². The van der Waals surface area contributed by atoms with Gasteiger partial charge in [0.15, 0.2) is 0 Å². The molecule has 1 aliphatic rings. The molecule has 5 heteroatoms. The smallest absolute Gasteiger partial charge is 0.246 e. The van der Waals surface area contributed by atoms with E-state index >= 15 is 0 Å². The zero-order valence-electron chi connectivity index (χ0n) is 12.5. The average Bonchev–Trinajstić information content (AvgIpc) is 2.97. The molecule has 0 bridgehead atoms. The van der Waals surface area contributed by atoms with Gasteiger partial charge in [0.2, 0.25) is 5.91 Å². The number of benzene rings is 1. The van der Waals surface area contributed by atoms with Crippen LogP contribution in [0.1, 0.15) is 22.6 Å². The van der Waals surface area contributed by atoms with Gasteiger partial charge in [-0.3, -0.25) is 4.79 Å². The first-order valence-corrected chi connectivity index (χ1v) is 7.24. The quantitative estimate of drug-likeness (QED) is 0.814. The van der Waals surface area contributed by atoms with E-state index in [1.54, 1.807) is 4.90 Å². The monoisotopic (exact) mass is 298 g/mol. The van der Waals surface area contributed by atoms with Crippen molar-refractivity contribution >= 4 is 5.91 Å². The Morgan fingerprint density at radius 3 is 3.05 bits per heavy atom. The van der Waals surface area contributed by atoms with Gasteiger partial charge < -0.3 is 14.2 Å². The highest BCUT2D eigenvalue weighted by Gasteiger charge is 2.19. The van der Waals surface area contributed by atoms with Crippen molar-refractivity contribution in [2.45, 2.75) is 26.5 Å². The first-order chi connectivity index (χ1) is 10.7. The Balaban J connectivity index is 1.70. The molecule has 0 spiro atoms. The molecule has 3 rings (SSSR count). The van der Waals surface area contributed by atoms with E-state index in [0.29, 0.717) is 13.2 Å². The fourth-order valence-electron chi connectivity index (χ4n) is 2.58. The molecule has 0 radical (unpaired) electrons. The van der Waals surface area contributed by atoms with E-state index < -0.39 is 0 Å². The number of hydrogen-bond donors (Lipinski definition) is 0. The second kappa shape index (κ2) is 6.05. The fourth-order valence-corrected chi connectivity index (χ4v) is 2.58. The number of ether oxygens (including phenoxy) is 1. The second-order valence-electron chi connectivity index (χ2n) is 5.36. The van der Waals surface area contributed by atoms with Crippen LogP contribution in [0.2, 0.25) is 0 Å². The number of amides is 1. The van der Waals surface area contributed by atoms with Gasteiger partial charge in [0, 0.05) is 19.2 Å². The minimum Gasteiger partial charge on any atom is -0.487 e. The largest absolute Gasteiger partial charge is 0.487 e. The summed E-state index contributed by atoms with van der Waals surface area (Å²) in [5.41, 5.74) is 3.15. The van der Waals surface area contributed by atoms with Crippen LogP contribution in [0, 0.1) is 6.92 Å². The maximum atomic E-state index is 11.7. The number of aromatic nitrogens is 1. The zero-order valence-corrected chi connectivity index (χ0v) is 12.5. The number of fused-ring (bicyclic) bond motifs is 1. The van der Waals surface area contributed by atoms with Gasteiger partial charge in [-0.1, -0.05) is 17.8 Å². The molecular formula is C17H18N2O3. The summed E-state index contributed by atoms with van der Waals surface area (Å²) in [6.07, 6.45) is 2.22. The lowest BCUT2D eigenvalue weighted by molar-refractivity contribution is -0.126. The lowest BCUT2D eigenvalue weighted by Crippen LogP contribution is -2.34. The van der Waals surface area contributed by atoms with Crippen molar-refractivity contribution in [2.24, 2.45) is 0 Å². The van der Waals surface area contributed by atoms with Gasteiger partial charge in [-0.15, -0.1) is 0 Å². The molecule has 1 aliphatic heterocycles. The number of aryl methyl sites for hydroxylation is 1. The molecule has 0 unspecified atom stereocenters. The van der Waals surface area contributed by atoms with Crippen LogP contribution in [0.4, 0.5) is 0 Å². The average molecular weight is 298 g/mol. The zero-order chi connectivity index (χ0) is 15.5. The summed E-state index contributed by atoms with van der Waals surface area (Å²) >= 11 is 0. The van der Waals surface area contributed by atoms with Crippen LogP contribution >= 0.6 is 0 Å². The molecular weight excluding hydrogens is 280 g/mol. The molecule has 1 aromatic carbocycles. The van der Waals surface area contributed by atoms with Gasteiger partial charge in [-0.05, 0) is 42.7 Å². The van der Waals surface area contributed by atoms with Crippen LogP contribution < -0.4 is 4.74 Å². The van der Waals surface area contributed by atoms with E-state index in [9.17, 15) is 4.79 Å². The van der Waals surface area contributed by atoms with E-state index in [1.807, 2.05) is 25.1 Å². The Hall–Kier alpha value is -2.56. The molecule has 22 heavy (non-hydrogen) atoms. The van der Waals surface area contributed by atoms with E-state index in [2.05, 4.69) is 17.8 Å². The summed E-state index contributed by atoms with van der Waals surface area (Å²) in [6, 6.07) is 7.86. The van der Waals surface area contributed by atoms with Gasteiger partial charge in [-0.2, -0.15) is 0 Å². The third-order valence-electron chi connectivity index (χ3n) is 3.74. The third kappa shape index (κ3) is 3.03. The van der Waals surface area contributed by atoms with E-state index in [1.165, 1.54) is 11.6 Å². The highest BCUT2D eigenvalue weighted by molar-refractivity contribution is 5.87. The Morgan fingerprint density at radius 1 is 1.45 bits per heavy atom. The molecule has 0 atom stereocenters. The van der Waals surface area contributed by atoms with Crippen LogP contribution in [0.15, 0.2) is 41.4 Å². The van der Waals surface area contributed by atoms with Crippen LogP contribution in [0.3, 0.4) is 0 Å². The molecule has 0 saturated carbocycles. The molecule has 114 valence electrons. The van der Waals surface area contributed by atoms with Gasteiger partial charge in [0.05, 0.1) is 0 Å². The van der Waals surface area contributed by atoms with Crippen molar-refractivity contribution in [3.05, 3.63) is 59.5 Å². The highest BCUT2D eigenvalue weighted by Crippen LogP contribution is 2.24. The van der Waals surface area contributed by atoms with Crippen LogP contribution in [-0.2, 0) is 24.4 Å². The van der Waals surface area contributed by atoms with Crippen molar-refractivity contribution in [3.8, 4) is 5.75 Å². The standard InChI is InChI=1S/C17H18N2O3/c1-3-17(20)19-7-6-13-4-5-16(9-14(13)10-19)21-11-15-8-12(2)22-18-15/h3-5,8-9H,1,6-7,10-11H2,2H3. The Labute approximate surface area is 129 Å². The SMILES string of the molecule is C=CC(=O)N1CCc2ccc(OCc3cc(C)on3)cc2C1. The van der Waals surface area contributed by atoms with Crippen molar-refractivity contribution in [1.82, 2.24) is 10.1 Å². The van der Waals surface area contributed by atoms with Crippen LogP contribution in [0.25, 0.3) is 0 Å². The highest BCUT2D eigenvalue weighted by atomic mass is 16.5. The summed E-state index contributed by atoms with van der Waals surface area (Å²) in [7, 11) is 0. The van der Waals surface area contributed by atoms with Crippen LogP contribution in [0.5, 0.6) is 5.75 Å². The van der Waals surface area contributed by atoms with Gasteiger partial charge >= 0.3 is 0 Å². The molecule has 2 heterocycles. The topological polar surface area (TPSA) is 55.6 Å². The molecule has 1 amide bonds. The molecule has 0 N–H and O–H groups in total. The van der Waals surface area contributed by atoms with Crippen molar-refractivity contribution in [3.63, 3.8) is 0 Å². The number of rotatable bonds is 4. The second-order valence-corrected chi connectivity index (χ2v) is 5.36. The minimum atomic E-state index is -0.0324. The molecule has 0 aliphatic carbocycles. The van der Waals surface area contributed by atoms with E-state index in [0.717, 1.165) is 35.7 Å². The Bertz CT molecular complexity index is 706. The first kappa shape index (κ1) is 14.4. The fraction of sp³-hybridized carbons (Fsp3) is 0.294. The predicted octanol–water partition coefficient (Wildman–Crippen LogP) is 2.63. The normalized spacial score (nSPS) is 13.6. The maximum Gasteiger partial charge on any atom is 0.246 e. The van der Waals surface area contributed by atoms with E-state index in [4.69, 9.17) is 9.26 Å². The van der Waals surface area contributed by atoms with Crippen LogP contribution in [-0.4, -0.2) is 22.5 Å². The van der Waals surface area contributed by atoms with Crippen molar-refractivity contribution in [2.75, 3.05) is 6.54 Å². The lowest BCUT2D eigenvalue weighted by Gasteiger charge is -2.28. The van der Waals surface area contributed by atoms with Gasteiger partial charge in [0.1, 0.15) is 23.8 Å².